The molecule has 4 aliphatic rings. The van der Waals surface area contributed by atoms with E-state index in [1.54, 1.807) is 7.11 Å². The van der Waals surface area contributed by atoms with Crippen LogP contribution < -0.4 is 0 Å². The predicted octanol–water partition coefficient (Wildman–Crippen LogP) is 3.58. The Kier molecular flexibility index (Phi) is 3.70. The minimum absolute atomic E-state index is 0.0849. The van der Waals surface area contributed by atoms with Gasteiger partial charge in [0.2, 0.25) is 0 Å². The van der Waals surface area contributed by atoms with Crippen molar-refractivity contribution in [2.75, 3.05) is 7.11 Å². The highest BCUT2D eigenvalue weighted by atomic mass is 16.5. The van der Waals surface area contributed by atoms with Crippen LogP contribution in [0.2, 0.25) is 0 Å². The molecule has 0 aliphatic heterocycles. The second kappa shape index (κ2) is 5.29. The van der Waals surface area contributed by atoms with Gasteiger partial charge in [0.05, 0.1) is 12.2 Å². The Morgan fingerprint density at radius 2 is 1.91 bits per heavy atom. The molecule has 4 rings (SSSR count). The predicted molar refractivity (Wildman–Crippen MR) is 88.9 cm³/mol. The summed E-state index contributed by atoms with van der Waals surface area (Å²) in [4.78, 5) is 12.7. The van der Waals surface area contributed by atoms with Crippen molar-refractivity contribution < 1.29 is 14.6 Å². The van der Waals surface area contributed by atoms with Crippen molar-refractivity contribution in [3.05, 3.63) is 0 Å². The van der Waals surface area contributed by atoms with Crippen LogP contribution in [0.25, 0.3) is 0 Å². The van der Waals surface area contributed by atoms with Crippen LogP contribution in [0.3, 0.4) is 0 Å². The second-order valence-corrected chi connectivity index (χ2v) is 9.36. The Bertz CT molecular complexity index is 503. The third-order valence-corrected chi connectivity index (χ3v) is 8.62. The molecule has 0 aromatic heterocycles. The molecule has 0 bridgehead atoms. The fourth-order valence-corrected chi connectivity index (χ4v) is 7.27. The molecule has 23 heavy (non-hydrogen) atoms. The number of fused-ring (bicyclic) bond motifs is 5. The number of aliphatic hydroxyl groups is 1. The summed E-state index contributed by atoms with van der Waals surface area (Å²) in [6.07, 6.45) is 8.49. The highest BCUT2D eigenvalue weighted by Gasteiger charge is 2.63. The molecular formula is C20H32O3. The zero-order chi connectivity index (χ0) is 16.4. The standard InChI is InChI=1S/C20H32O3/c1-19-8-6-13(21)10-12(19)4-5-14-15(19)7-9-20(2)17(22)11-16(23-3)18(14)20/h12-16,18,21H,4-11H2,1-3H3/t12-,13-,14+,15-,16+,18+,19-,20+/m1/s1. The Hall–Kier alpha value is -0.410. The van der Waals surface area contributed by atoms with Gasteiger partial charge >= 0.3 is 0 Å². The maximum absolute atomic E-state index is 12.7. The van der Waals surface area contributed by atoms with Gasteiger partial charge in [0.25, 0.3) is 0 Å². The first-order chi connectivity index (χ1) is 10.9. The van der Waals surface area contributed by atoms with Crippen LogP contribution in [0.4, 0.5) is 0 Å². The molecule has 0 heterocycles. The maximum Gasteiger partial charge on any atom is 0.141 e. The summed E-state index contributed by atoms with van der Waals surface area (Å²) in [5, 5.41) is 10.1. The smallest absolute Gasteiger partial charge is 0.141 e. The van der Waals surface area contributed by atoms with Crippen molar-refractivity contribution in [3.8, 4) is 0 Å². The lowest BCUT2D eigenvalue weighted by atomic mass is 9.45. The Balaban J connectivity index is 1.67. The van der Waals surface area contributed by atoms with Gasteiger partial charge < -0.3 is 9.84 Å². The van der Waals surface area contributed by atoms with E-state index in [4.69, 9.17) is 4.74 Å². The van der Waals surface area contributed by atoms with E-state index >= 15 is 0 Å². The Morgan fingerprint density at radius 1 is 1.13 bits per heavy atom. The molecule has 3 nitrogen and oxygen atoms in total. The number of methoxy groups -OCH3 is 1. The van der Waals surface area contributed by atoms with Gasteiger partial charge in [0.15, 0.2) is 0 Å². The largest absolute Gasteiger partial charge is 0.393 e. The van der Waals surface area contributed by atoms with Gasteiger partial charge in [-0.05, 0) is 68.1 Å². The van der Waals surface area contributed by atoms with E-state index in [0.717, 1.165) is 31.6 Å². The Labute approximate surface area is 140 Å². The number of hydrogen-bond donors (Lipinski definition) is 1. The quantitative estimate of drug-likeness (QED) is 0.803. The van der Waals surface area contributed by atoms with Gasteiger partial charge in [-0.2, -0.15) is 0 Å². The lowest BCUT2D eigenvalue weighted by Crippen LogP contribution is -2.55. The average Bonchev–Trinajstić information content (AvgIpc) is 2.79. The fourth-order valence-electron chi connectivity index (χ4n) is 7.27. The number of hydrogen-bond acceptors (Lipinski definition) is 3. The average molecular weight is 320 g/mol. The zero-order valence-corrected chi connectivity index (χ0v) is 14.9. The summed E-state index contributed by atoms with van der Waals surface area (Å²) >= 11 is 0. The van der Waals surface area contributed by atoms with Crippen LogP contribution in [0.5, 0.6) is 0 Å². The minimum Gasteiger partial charge on any atom is -0.393 e. The number of ketones is 1. The van der Waals surface area contributed by atoms with E-state index in [1.165, 1.54) is 19.3 Å². The summed E-state index contributed by atoms with van der Waals surface area (Å²) in [5.41, 5.74) is 0.229. The molecule has 4 fully saturated rings. The fraction of sp³-hybridized carbons (Fsp3) is 0.950. The van der Waals surface area contributed by atoms with E-state index in [0.29, 0.717) is 35.4 Å². The summed E-state index contributed by atoms with van der Waals surface area (Å²) < 4.78 is 5.79. The molecule has 130 valence electrons. The van der Waals surface area contributed by atoms with E-state index in [1.807, 2.05) is 0 Å². The highest BCUT2D eigenvalue weighted by molar-refractivity contribution is 5.88. The summed E-state index contributed by atoms with van der Waals surface area (Å²) in [6, 6.07) is 0. The first-order valence-electron chi connectivity index (χ1n) is 9.64. The number of carbonyl (C=O) groups is 1. The number of Topliss-reactive ketones (excluding diaryl/α,β-unsaturated/α-hetero) is 1. The third-order valence-electron chi connectivity index (χ3n) is 8.62. The first-order valence-corrected chi connectivity index (χ1v) is 9.64. The molecule has 4 saturated carbocycles. The molecule has 3 heteroatoms. The summed E-state index contributed by atoms with van der Waals surface area (Å²) in [7, 11) is 1.79. The zero-order valence-electron chi connectivity index (χ0n) is 14.9. The molecule has 0 spiro atoms. The number of rotatable bonds is 1. The Morgan fingerprint density at radius 3 is 2.65 bits per heavy atom. The van der Waals surface area contributed by atoms with E-state index in [-0.39, 0.29) is 17.6 Å². The third kappa shape index (κ3) is 2.12. The summed E-state index contributed by atoms with van der Waals surface area (Å²) in [6.45, 7) is 4.70. The van der Waals surface area contributed by atoms with E-state index < -0.39 is 0 Å². The minimum atomic E-state index is -0.140. The molecule has 0 saturated heterocycles. The molecule has 0 radical (unpaired) electrons. The van der Waals surface area contributed by atoms with Gasteiger partial charge in [-0.1, -0.05) is 13.8 Å². The molecule has 1 N–H and O–H groups in total. The van der Waals surface area contributed by atoms with E-state index in [2.05, 4.69) is 13.8 Å². The van der Waals surface area contributed by atoms with Gasteiger partial charge in [0, 0.05) is 24.9 Å². The van der Waals surface area contributed by atoms with Gasteiger partial charge in [0.1, 0.15) is 5.78 Å². The topological polar surface area (TPSA) is 46.5 Å². The van der Waals surface area contributed by atoms with Crippen LogP contribution in [0, 0.1) is 34.5 Å². The number of carbonyl (C=O) groups excluding carboxylic acids is 1. The van der Waals surface area contributed by atoms with Crippen LogP contribution in [-0.2, 0) is 9.53 Å². The van der Waals surface area contributed by atoms with Crippen molar-refractivity contribution in [3.63, 3.8) is 0 Å². The molecular weight excluding hydrogens is 288 g/mol. The van der Waals surface area contributed by atoms with E-state index in [9.17, 15) is 9.90 Å². The van der Waals surface area contributed by atoms with Crippen molar-refractivity contribution in [2.24, 2.45) is 34.5 Å². The number of ether oxygens (including phenoxy) is 1. The first kappa shape index (κ1) is 16.1. The van der Waals surface area contributed by atoms with Crippen molar-refractivity contribution >= 4 is 5.78 Å². The van der Waals surface area contributed by atoms with Crippen molar-refractivity contribution in [1.29, 1.82) is 0 Å². The lowest BCUT2D eigenvalue weighted by molar-refractivity contribution is -0.149. The van der Waals surface area contributed by atoms with Gasteiger partial charge in [-0.25, -0.2) is 0 Å². The van der Waals surface area contributed by atoms with Crippen molar-refractivity contribution in [2.45, 2.75) is 77.4 Å². The SMILES string of the molecule is CO[C@H]1CC(=O)[C@]2(C)CC[C@@H]3[C@H](CC[C@@H]4C[C@H](O)CC[C@]43C)[C@@H]12. The van der Waals surface area contributed by atoms with Crippen molar-refractivity contribution in [1.82, 2.24) is 0 Å². The maximum atomic E-state index is 12.7. The summed E-state index contributed by atoms with van der Waals surface area (Å²) in [5.74, 6) is 2.90. The van der Waals surface area contributed by atoms with Crippen LogP contribution in [0.15, 0.2) is 0 Å². The lowest BCUT2D eigenvalue weighted by Gasteiger charge is -2.60. The number of aliphatic hydroxyl groups excluding tert-OH is 1. The molecule has 0 unspecified atom stereocenters. The monoisotopic (exact) mass is 320 g/mol. The molecule has 0 aromatic rings. The van der Waals surface area contributed by atoms with Crippen LogP contribution in [0.1, 0.15) is 65.2 Å². The molecule has 0 aromatic carbocycles. The van der Waals surface area contributed by atoms with Gasteiger partial charge in [-0.15, -0.1) is 0 Å². The highest BCUT2D eigenvalue weighted by Crippen LogP contribution is 2.65. The van der Waals surface area contributed by atoms with Gasteiger partial charge in [-0.3, -0.25) is 4.79 Å². The molecule has 8 atom stereocenters. The normalized spacial score (nSPS) is 55.9. The van der Waals surface area contributed by atoms with Crippen LogP contribution in [-0.4, -0.2) is 30.2 Å². The molecule has 0 amide bonds. The second-order valence-electron chi connectivity index (χ2n) is 9.36. The molecule has 4 aliphatic carbocycles. The van der Waals surface area contributed by atoms with Crippen LogP contribution >= 0.6 is 0 Å².